The van der Waals surface area contributed by atoms with Crippen molar-refractivity contribution >= 4 is 21.9 Å². The molecule has 2 heterocycles. The summed E-state index contributed by atoms with van der Waals surface area (Å²) in [6.07, 6.45) is 0.939. The number of nitrogens with zero attached hydrogens (tertiary/aromatic N) is 2. The molecule has 3 heteroatoms. The maximum atomic E-state index is 9.83. The number of hydrogen-bond acceptors (Lipinski definition) is 2. The first-order valence-electron chi connectivity index (χ1n) is 13.9. The van der Waals surface area contributed by atoms with E-state index in [1.54, 1.807) is 12.1 Å². The Morgan fingerprint density at radius 1 is 1.00 bits per heavy atom. The predicted molar refractivity (Wildman–Crippen MR) is 138 cm³/mol. The lowest BCUT2D eigenvalue weighted by Crippen LogP contribution is -2.35. The highest BCUT2D eigenvalue weighted by Gasteiger charge is 2.24. The van der Waals surface area contributed by atoms with Gasteiger partial charge in [0.15, 0.2) is 5.69 Å². The summed E-state index contributed by atoms with van der Waals surface area (Å²) < 4.78 is 50.2. The van der Waals surface area contributed by atoms with Gasteiger partial charge in [0.1, 0.15) is 18.2 Å². The number of furan rings is 1. The minimum atomic E-state index is -0.465. The fourth-order valence-electron chi connectivity index (χ4n) is 4.69. The number of aryl methyl sites for hydroxylation is 2. The highest BCUT2D eigenvalue weighted by Crippen LogP contribution is 2.41. The summed E-state index contributed by atoms with van der Waals surface area (Å²) in [6.45, 7) is 8.50. The average Bonchev–Trinajstić information content (AvgIpc) is 3.26. The summed E-state index contributed by atoms with van der Waals surface area (Å²) in [6, 6.07) is 11.8. The van der Waals surface area contributed by atoms with Gasteiger partial charge in [-0.3, -0.25) is 0 Å². The van der Waals surface area contributed by atoms with Crippen LogP contribution in [-0.2, 0) is 13.5 Å². The van der Waals surface area contributed by atoms with Crippen LogP contribution in [0.5, 0.6) is 0 Å². The van der Waals surface area contributed by atoms with Gasteiger partial charge in [0.2, 0.25) is 5.69 Å². The van der Waals surface area contributed by atoms with Crippen molar-refractivity contribution in [3.05, 3.63) is 89.0 Å². The lowest BCUT2D eigenvalue weighted by atomic mass is 9.95. The molecule has 0 unspecified atom stereocenters. The van der Waals surface area contributed by atoms with Crippen molar-refractivity contribution in [2.75, 3.05) is 0 Å². The highest BCUT2D eigenvalue weighted by molar-refractivity contribution is 6.13. The lowest BCUT2D eigenvalue weighted by molar-refractivity contribution is -0.666. The number of benzene rings is 3. The van der Waals surface area contributed by atoms with Crippen LogP contribution in [0.25, 0.3) is 44.3 Å². The molecule has 0 aliphatic carbocycles. The topological polar surface area (TPSA) is 40.8 Å². The van der Waals surface area contributed by atoms with Gasteiger partial charge in [-0.15, -0.1) is 0 Å². The monoisotopic (exact) mass is 450 g/mol. The number of hydrogen-bond donors (Lipinski definition) is 0. The van der Waals surface area contributed by atoms with Crippen LogP contribution in [0.4, 0.5) is 0 Å². The Hall–Kier alpha value is -3.90. The minimum absolute atomic E-state index is 0.0146. The van der Waals surface area contributed by atoms with E-state index in [0.717, 1.165) is 34.3 Å². The van der Waals surface area contributed by atoms with Gasteiger partial charge in [-0.25, -0.2) is 0 Å². The van der Waals surface area contributed by atoms with Gasteiger partial charge in [0.25, 0.3) is 0 Å². The van der Waals surface area contributed by atoms with Gasteiger partial charge >= 0.3 is 0 Å². The van der Waals surface area contributed by atoms with Crippen molar-refractivity contribution in [2.45, 2.75) is 34.1 Å². The van der Waals surface area contributed by atoms with Gasteiger partial charge in [0.05, 0.1) is 24.0 Å². The molecule has 0 saturated carbocycles. The van der Waals surface area contributed by atoms with Crippen molar-refractivity contribution < 1.29 is 15.8 Å². The Balaban J connectivity index is 1.92. The van der Waals surface area contributed by atoms with Crippen molar-refractivity contribution in [2.24, 2.45) is 13.0 Å². The lowest BCUT2D eigenvalue weighted by Gasteiger charge is -2.11. The van der Waals surface area contributed by atoms with E-state index in [0.29, 0.717) is 33.6 Å². The third-order valence-electron chi connectivity index (χ3n) is 6.35. The Bertz CT molecular complexity index is 1840. The van der Waals surface area contributed by atoms with E-state index in [2.05, 4.69) is 43.5 Å². The van der Waals surface area contributed by atoms with Gasteiger partial charge < -0.3 is 4.42 Å². The molecule has 0 atom stereocenters. The first-order chi connectivity index (χ1) is 18.4. The Labute approximate surface area is 207 Å². The summed E-state index contributed by atoms with van der Waals surface area (Å²) in [5.74, 6) is 0.497. The number of nitriles is 1. The Kier molecular flexibility index (Phi) is 4.15. The number of aromatic nitrogens is 1. The molecule has 0 N–H and O–H groups in total. The van der Waals surface area contributed by atoms with E-state index in [4.69, 9.17) is 11.3 Å². The molecule has 5 rings (SSSR count). The number of fused-ring (bicyclic) bond motifs is 3. The molecule has 0 aliphatic heterocycles. The van der Waals surface area contributed by atoms with Crippen molar-refractivity contribution in [1.82, 2.24) is 0 Å². The smallest absolute Gasteiger partial charge is 0.216 e. The van der Waals surface area contributed by atoms with Crippen LogP contribution in [0.15, 0.2) is 71.0 Å². The second kappa shape index (κ2) is 8.47. The summed E-state index contributed by atoms with van der Waals surface area (Å²) in [7, 11) is 2.02. The largest absolute Gasteiger partial charge is 0.454 e. The zero-order valence-electron chi connectivity index (χ0n) is 25.1. The van der Waals surface area contributed by atoms with E-state index >= 15 is 0 Å². The molecule has 0 fully saturated rings. The van der Waals surface area contributed by atoms with E-state index < -0.39 is 18.1 Å². The van der Waals surface area contributed by atoms with Gasteiger partial charge in [0, 0.05) is 35.4 Å². The molecule has 0 spiro atoms. The molecule has 0 saturated heterocycles. The Morgan fingerprint density at radius 3 is 2.47 bits per heavy atom. The second-order valence-electron chi connectivity index (χ2n) is 9.30. The van der Waals surface area contributed by atoms with Crippen molar-refractivity contribution in [3.8, 4) is 28.5 Å². The molecule has 3 nitrogen and oxygen atoms in total. The molecular weight excluding hydrogens is 416 g/mol. The molecule has 0 bridgehead atoms. The first-order valence-corrected chi connectivity index (χ1v) is 11.4. The third kappa shape index (κ3) is 3.66. The van der Waals surface area contributed by atoms with Gasteiger partial charge in [-0.05, 0) is 48.1 Å². The second-order valence-corrected chi connectivity index (χ2v) is 9.30. The van der Waals surface area contributed by atoms with Crippen LogP contribution in [0, 0.1) is 31.1 Å². The van der Waals surface area contributed by atoms with Crippen LogP contribution in [0.2, 0.25) is 0 Å². The molecule has 5 aromatic rings. The molecular formula is C31H29N2O+. The van der Waals surface area contributed by atoms with Crippen LogP contribution in [0.1, 0.15) is 43.1 Å². The normalized spacial score (nSPS) is 13.5. The summed E-state index contributed by atoms with van der Waals surface area (Å²) >= 11 is 0. The van der Waals surface area contributed by atoms with Crippen molar-refractivity contribution in [3.63, 3.8) is 0 Å². The zero-order chi connectivity index (χ0) is 28.3. The fourth-order valence-corrected chi connectivity index (χ4v) is 4.69. The molecule has 3 aromatic carbocycles. The first kappa shape index (κ1) is 16.7. The fraction of sp³-hybridized carbons (Fsp3) is 0.226. The Morgan fingerprint density at radius 2 is 1.76 bits per heavy atom. The van der Waals surface area contributed by atoms with E-state index in [-0.39, 0.29) is 17.6 Å². The molecule has 0 aliphatic rings. The molecule has 0 radical (unpaired) electrons. The number of pyridine rings is 1. The predicted octanol–water partition coefficient (Wildman–Crippen LogP) is 7.43. The van der Waals surface area contributed by atoms with Crippen molar-refractivity contribution in [1.29, 1.82) is 5.26 Å². The maximum absolute atomic E-state index is 9.83. The average molecular weight is 451 g/mol. The summed E-state index contributed by atoms with van der Waals surface area (Å²) in [5, 5.41) is 11.3. The van der Waals surface area contributed by atoms with Gasteiger partial charge in [-0.1, -0.05) is 56.2 Å². The van der Waals surface area contributed by atoms with E-state index in [9.17, 15) is 5.26 Å². The quantitative estimate of drug-likeness (QED) is 0.267. The molecule has 2 aromatic heterocycles. The molecule has 168 valence electrons. The third-order valence-corrected chi connectivity index (χ3v) is 6.35. The zero-order valence-corrected chi connectivity index (χ0v) is 20.1. The maximum Gasteiger partial charge on any atom is 0.216 e. The standard InChI is InChI=1S/C31H29N2O/c1-19(2)13-22-14-21(4)33(5)28(17-22)29-20(3)11-12-25-27-16-23(18-32)15-26(30(27)34-31(25)29)24-9-7-6-8-10-24/h6-12,14-17,19H,13H2,1-5H3/q+1/i6D,7D,8D,9D,10D. The molecule has 34 heavy (non-hydrogen) atoms. The van der Waals surface area contributed by atoms with Crippen LogP contribution < -0.4 is 4.57 Å². The minimum Gasteiger partial charge on any atom is -0.454 e. The van der Waals surface area contributed by atoms with E-state index in [1.165, 1.54) is 5.56 Å². The van der Waals surface area contributed by atoms with E-state index in [1.807, 2.05) is 26.1 Å². The van der Waals surface area contributed by atoms with Crippen LogP contribution >= 0.6 is 0 Å². The van der Waals surface area contributed by atoms with Crippen LogP contribution in [-0.4, -0.2) is 0 Å². The summed E-state index contributed by atoms with van der Waals surface area (Å²) in [5.41, 5.74) is 6.92. The SMILES string of the molecule is [2H]c1c([2H])c([2H])c(-c2cc(C#N)cc3c2oc2c(-c4cc(CC(C)C)cc(C)[n+]4C)c(C)ccc23)c([2H])c1[2H]. The van der Waals surface area contributed by atoms with Gasteiger partial charge in [-0.2, -0.15) is 9.83 Å². The highest BCUT2D eigenvalue weighted by atomic mass is 16.3. The number of rotatable bonds is 4. The summed E-state index contributed by atoms with van der Waals surface area (Å²) in [4.78, 5) is 0. The van der Waals surface area contributed by atoms with Crippen LogP contribution in [0.3, 0.4) is 0 Å². The molecule has 0 amide bonds.